The van der Waals surface area contributed by atoms with Gasteiger partial charge in [-0.05, 0) is 43.5 Å². The van der Waals surface area contributed by atoms with Crippen LogP contribution in [0.3, 0.4) is 0 Å². The topological polar surface area (TPSA) is 49.5 Å². The average Bonchev–Trinajstić information content (AvgIpc) is 2.63. The molecule has 1 aliphatic rings. The van der Waals surface area contributed by atoms with Gasteiger partial charge >= 0.3 is 0 Å². The Kier molecular flexibility index (Phi) is 2.82. The van der Waals surface area contributed by atoms with E-state index in [0.29, 0.717) is 0 Å². The lowest BCUT2D eigenvalue weighted by Crippen LogP contribution is -2.32. The molecule has 1 aliphatic heterocycles. The number of benzene rings is 1. The molecular formula is C12H18N2O. The molecule has 82 valence electrons. The summed E-state index contributed by atoms with van der Waals surface area (Å²) in [6.07, 6.45) is 2.23. The van der Waals surface area contributed by atoms with Crippen LogP contribution in [0.4, 0.5) is 11.4 Å². The fourth-order valence-electron chi connectivity index (χ4n) is 2.32. The lowest BCUT2D eigenvalue weighted by atomic mass is 10.1. The van der Waals surface area contributed by atoms with Gasteiger partial charge < -0.3 is 15.7 Å². The van der Waals surface area contributed by atoms with Gasteiger partial charge in [-0.2, -0.15) is 0 Å². The minimum atomic E-state index is 0.230. The van der Waals surface area contributed by atoms with Gasteiger partial charge in [0.15, 0.2) is 0 Å². The second-order valence-corrected chi connectivity index (χ2v) is 4.27. The maximum atomic E-state index is 9.26. The summed E-state index contributed by atoms with van der Waals surface area (Å²) >= 11 is 0. The number of aliphatic hydroxyl groups is 1. The van der Waals surface area contributed by atoms with Crippen molar-refractivity contribution in [1.29, 1.82) is 0 Å². The predicted octanol–water partition coefficient (Wildman–Crippen LogP) is 1.54. The van der Waals surface area contributed by atoms with Crippen molar-refractivity contribution in [2.75, 3.05) is 23.8 Å². The molecule has 0 spiro atoms. The first-order valence-electron chi connectivity index (χ1n) is 5.45. The van der Waals surface area contributed by atoms with Gasteiger partial charge in [0, 0.05) is 17.9 Å². The van der Waals surface area contributed by atoms with E-state index in [1.165, 1.54) is 5.56 Å². The summed E-state index contributed by atoms with van der Waals surface area (Å²) in [4.78, 5) is 2.25. The zero-order chi connectivity index (χ0) is 10.8. The third kappa shape index (κ3) is 2.07. The van der Waals surface area contributed by atoms with Gasteiger partial charge in [-0.25, -0.2) is 0 Å². The number of aliphatic hydroxyl groups excluding tert-OH is 1. The minimum absolute atomic E-state index is 0.230. The summed E-state index contributed by atoms with van der Waals surface area (Å²) in [7, 11) is 0. The van der Waals surface area contributed by atoms with Crippen molar-refractivity contribution < 1.29 is 5.11 Å². The van der Waals surface area contributed by atoms with E-state index in [1.54, 1.807) is 0 Å². The Bertz CT molecular complexity index is 331. The van der Waals surface area contributed by atoms with Crippen molar-refractivity contribution in [3.05, 3.63) is 23.8 Å². The second kappa shape index (κ2) is 4.11. The molecule has 15 heavy (non-hydrogen) atoms. The molecule has 0 bridgehead atoms. The van der Waals surface area contributed by atoms with Crippen molar-refractivity contribution in [2.45, 2.75) is 25.8 Å². The number of nitrogens with zero attached hydrogens (tertiary/aromatic N) is 1. The first-order chi connectivity index (χ1) is 7.20. The lowest BCUT2D eigenvalue weighted by Gasteiger charge is -2.25. The Morgan fingerprint density at radius 1 is 1.47 bits per heavy atom. The highest BCUT2D eigenvalue weighted by Crippen LogP contribution is 2.27. The highest BCUT2D eigenvalue weighted by molar-refractivity contribution is 5.59. The Morgan fingerprint density at radius 2 is 2.27 bits per heavy atom. The van der Waals surface area contributed by atoms with Gasteiger partial charge in [0.05, 0.1) is 12.6 Å². The molecule has 3 heteroatoms. The molecule has 2 rings (SSSR count). The van der Waals surface area contributed by atoms with E-state index in [2.05, 4.69) is 11.0 Å². The fraction of sp³-hybridized carbons (Fsp3) is 0.500. The number of nitrogen functional groups attached to an aromatic ring is 1. The van der Waals surface area contributed by atoms with Gasteiger partial charge in [0.1, 0.15) is 0 Å². The molecule has 1 saturated heterocycles. The summed E-state index contributed by atoms with van der Waals surface area (Å²) in [6, 6.07) is 6.35. The van der Waals surface area contributed by atoms with E-state index >= 15 is 0 Å². The van der Waals surface area contributed by atoms with Crippen LogP contribution in [0.2, 0.25) is 0 Å². The van der Waals surface area contributed by atoms with Crippen molar-refractivity contribution in [3.63, 3.8) is 0 Å². The highest BCUT2D eigenvalue weighted by atomic mass is 16.3. The maximum absolute atomic E-state index is 9.26. The number of anilines is 2. The van der Waals surface area contributed by atoms with Crippen LogP contribution in [0, 0.1) is 6.92 Å². The first kappa shape index (κ1) is 10.3. The van der Waals surface area contributed by atoms with Crippen LogP contribution in [0.15, 0.2) is 18.2 Å². The monoisotopic (exact) mass is 206 g/mol. The molecule has 0 radical (unpaired) electrons. The van der Waals surface area contributed by atoms with Gasteiger partial charge in [-0.3, -0.25) is 0 Å². The first-order valence-corrected chi connectivity index (χ1v) is 5.45. The van der Waals surface area contributed by atoms with Crippen molar-refractivity contribution in [2.24, 2.45) is 0 Å². The maximum Gasteiger partial charge on any atom is 0.0635 e. The van der Waals surface area contributed by atoms with Gasteiger partial charge in [0.25, 0.3) is 0 Å². The zero-order valence-electron chi connectivity index (χ0n) is 9.11. The molecule has 0 amide bonds. The Labute approximate surface area is 90.5 Å². The SMILES string of the molecule is Cc1cc(N)cc(N2CCCC2CO)c1. The van der Waals surface area contributed by atoms with E-state index in [1.807, 2.05) is 19.1 Å². The summed E-state index contributed by atoms with van der Waals surface area (Å²) in [5.41, 5.74) is 8.94. The van der Waals surface area contributed by atoms with E-state index < -0.39 is 0 Å². The van der Waals surface area contributed by atoms with Gasteiger partial charge in [0.2, 0.25) is 0 Å². The quantitative estimate of drug-likeness (QED) is 0.722. The predicted molar refractivity (Wildman–Crippen MR) is 63.0 cm³/mol. The third-order valence-electron chi connectivity index (χ3n) is 3.00. The van der Waals surface area contributed by atoms with Crippen LogP contribution in [-0.2, 0) is 0 Å². The second-order valence-electron chi connectivity index (χ2n) is 4.27. The Morgan fingerprint density at radius 3 is 2.93 bits per heavy atom. The summed E-state index contributed by atoms with van der Waals surface area (Å²) in [5.74, 6) is 0. The molecule has 1 aromatic carbocycles. The fourth-order valence-corrected chi connectivity index (χ4v) is 2.32. The standard InChI is InChI=1S/C12H18N2O/c1-9-5-10(13)7-12(6-9)14-4-2-3-11(14)8-15/h5-7,11,15H,2-4,8,13H2,1H3. The van der Waals surface area contributed by atoms with Crippen molar-refractivity contribution in [1.82, 2.24) is 0 Å². The molecular weight excluding hydrogens is 188 g/mol. The molecule has 1 fully saturated rings. The number of hydrogen-bond acceptors (Lipinski definition) is 3. The number of aryl methyl sites for hydroxylation is 1. The van der Waals surface area contributed by atoms with E-state index in [9.17, 15) is 5.11 Å². The molecule has 1 atom stereocenters. The van der Waals surface area contributed by atoms with Crippen LogP contribution in [0.1, 0.15) is 18.4 Å². The van der Waals surface area contributed by atoms with Crippen LogP contribution in [-0.4, -0.2) is 24.3 Å². The van der Waals surface area contributed by atoms with E-state index in [-0.39, 0.29) is 12.6 Å². The third-order valence-corrected chi connectivity index (χ3v) is 3.00. The van der Waals surface area contributed by atoms with E-state index in [4.69, 9.17) is 5.73 Å². The molecule has 1 aromatic rings. The summed E-state index contributed by atoms with van der Waals surface area (Å²) in [6.45, 7) is 3.30. The molecule has 1 heterocycles. The van der Waals surface area contributed by atoms with Crippen LogP contribution < -0.4 is 10.6 Å². The molecule has 0 aliphatic carbocycles. The zero-order valence-corrected chi connectivity index (χ0v) is 9.11. The largest absolute Gasteiger partial charge is 0.399 e. The average molecular weight is 206 g/mol. The smallest absolute Gasteiger partial charge is 0.0635 e. The molecule has 3 N–H and O–H groups in total. The van der Waals surface area contributed by atoms with Crippen LogP contribution in [0.5, 0.6) is 0 Å². The van der Waals surface area contributed by atoms with Crippen molar-refractivity contribution in [3.8, 4) is 0 Å². The number of hydrogen-bond donors (Lipinski definition) is 2. The molecule has 3 nitrogen and oxygen atoms in total. The minimum Gasteiger partial charge on any atom is -0.399 e. The Hall–Kier alpha value is -1.22. The lowest BCUT2D eigenvalue weighted by molar-refractivity contribution is 0.266. The van der Waals surface area contributed by atoms with Gasteiger partial charge in [-0.1, -0.05) is 0 Å². The van der Waals surface area contributed by atoms with E-state index in [0.717, 1.165) is 30.8 Å². The van der Waals surface area contributed by atoms with Crippen LogP contribution in [0.25, 0.3) is 0 Å². The molecule has 1 unspecified atom stereocenters. The van der Waals surface area contributed by atoms with Crippen molar-refractivity contribution >= 4 is 11.4 Å². The number of rotatable bonds is 2. The highest BCUT2D eigenvalue weighted by Gasteiger charge is 2.23. The number of nitrogens with two attached hydrogens (primary N) is 1. The van der Waals surface area contributed by atoms with Crippen LogP contribution >= 0.6 is 0 Å². The molecule has 0 saturated carbocycles. The normalized spacial score (nSPS) is 20.9. The summed E-state index contributed by atoms with van der Waals surface area (Å²) < 4.78 is 0. The molecule has 0 aromatic heterocycles. The summed E-state index contributed by atoms with van der Waals surface area (Å²) in [5, 5.41) is 9.26. The van der Waals surface area contributed by atoms with Gasteiger partial charge in [-0.15, -0.1) is 0 Å². The Balaban J connectivity index is 2.28.